The van der Waals surface area contributed by atoms with Gasteiger partial charge in [0.2, 0.25) is 0 Å². The van der Waals surface area contributed by atoms with Crippen LogP contribution >= 0.6 is 11.3 Å². The van der Waals surface area contributed by atoms with Crippen molar-refractivity contribution in [3.05, 3.63) is 41.7 Å². The van der Waals surface area contributed by atoms with E-state index >= 15 is 0 Å². The van der Waals surface area contributed by atoms with Crippen molar-refractivity contribution in [1.82, 2.24) is 14.5 Å². The molecule has 1 saturated heterocycles. The number of rotatable bonds is 5. The molecule has 0 amide bonds. The van der Waals surface area contributed by atoms with Crippen molar-refractivity contribution in [2.75, 3.05) is 13.2 Å². The molecule has 1 fully saturated rings. The van der Waals surface area contributed by atoms with E-state index in [1.54, 1.807) is 18.2 Å². The van der Waals surface area contributed by atoms with Crippen molar-refractivity contribution in [2.24, 2.45) is 0 Å². The first-order chi connectivity index (χ1) is 12.1. The normalized spacial score (nSPS) is 18.0. The lowest BCUT2D eigenvalue weighted by Gasteiger charge is -2.12. The molecule has 0 saturated carbocycles. The van der Waals surface area contributed by atoms with E-state index in [2.05, 4.69) is 10.4 Å². The Bertz CT molecular complexity index is 1010. The van der Waals surface area contributed by atoms with E-state index in [-0.39, 0.29) is 4.21 Å². The van der Waals surface area contributed by atoms with Crippen LogP contribution in [0.4, 0.5) is 4.39 Å². The summed E-state index contributed by atoms with van der Waals surface area (Å²) in [7, 11) is -3.93. The van der Waals surface area contributed by atoms with Crippen LogP contribution in [-0.2, 0) is 10.0 Å². The molecule has 9 heteroatoms. The highest BCUT2D eigenvalue weighted by molar-refractivity contribution is 7.92. The van der Waals surface area contributed by atoms with Gasteiger partial charge in [0.15, 0.2) is 5.13 Å². The van der Waals surface area contributed by atoms with Gasteiger partial charge in [0.25, 0.3) is 10.0 Å². The third-order valence-electron chi connectivity index (χ3n) is 4.17. The van der Waals surface area contributed by atoms with Crippen LogP contribution in [0.5, 0.6) is 5.75 Å². The molecule has 1 unspecified atom stereocenters. The summed E-state index contributed by atoms with van der Waals surface area (Å²) in [5, 5.41) is 7.42. The second-order valence-electron chi connectivity index (χ2n) is 5.84. The number of hydrogen-bond donors (Lipinski definition) is 1. The van der Waals surface area contributed by atoms with Crippen LogP contribution in [0.25, 0.3) is 10.9 Å². The summed E-state index contributed by atoms with van der Waals surface area (Å²) in [5.74, 6) is 0.588. The number of thiophene rings is 1. The molecule has 0 spiro atoms. The van der Waals surface area contributed by atoms with E-state index in [9.17, 15) is 12.8 Å². The van der Waals surface area contributed by atoms with Crippen molar-refractivity contribution >= 4 is 32.3 Å². The van der Waals surface area contributed by atoms with Crippen LogP contribution < -0.4 is 10.1 Å². The largest absolute Gasteiger partial charge is 0.491 e. The molecule has 1 aliphatic rings. The summed E-state index contributed by atoms with van der Waals surface area (Å²) in [5.41, 5.74) is 0.408. The highest BCUT2D eigenvalue weighted by Gasteiger charge is 2.24. The van der Waals surface area contributed by atoms with E-state index in [1.165, 1.54) is 12.3 Å². The Labute approximate surface area is 148 Å². The first kappa shape index (κ1) is 16.5. The fraction of sp³-hybridized carbons (Fsp3) is 0.312. The topological polar surface area (TPSA) is 73.2 Å². The maximum Gasteiger partial charge on any atom is 0.293 e. The minimum Gasteiger partial charge on any atom is -0.491 e. The SMILES string of the molecule is O=S(=O)(c1ccc(F)s1)n1ncc2c(OCC3CCCN3)cccc21. The molecule has 1 aliphatic heterocycles. The molecule has 0 radical (unpaired) electrons. The molecule has 6 nitrogen and oxygen atoms in total. The van der Waals surface area contributed by atoms with Crippen molar-refractivity contribution in [2.45, 2.75) is 23.1 Å². The first-order valence-electron chi connectivity index (χ1n) is 7.89. The van der Waals surface area contributed by atoms with E-state index in [0.29, 0.717) is 40.6 Å². The number of hydrogen-bond acceptors (Lipinski definition) is 6. The Balaban J connectivity index is 1.68. The number of benzene rings is 1. The zero-order valence-corrected chi connectivity index (χ0v) is 14.8. The van der Waals surface area contributed by atoms with Crippen molar-refractivity contribution < 1.29 is 17.5 Å². The molecule has 3 heterocycles. The minimum absolute atomic E-state index is 0.0866. The van der Waals surface area contributed by atoms with Crippen molar-refractivity contribution in [1.29, 1.82) is 0 Å². The van der Waals surface area contributed by atoms with Gasteiger partial charge < -0.3 is 10.1 Å². The molecule has 0 bridgehead atoms. The van der Waals surface area contributed by atoms with Gasteiger partial charge >= 0.3 is 0 Å². The predicted molar refractivity (Wildman–Crippen MR) is 93.1 cm³/mol. The second kappa shape index (κ2) is 6.40. The first-order valence-corrected chi connectivity index (χ1v) is 10.2. The molecule has 2 aromatic heterocycles. The van der Waals surface area contributed by atoms with E-state index in [1.807, 2.05) is 0 Å². The molecule has 0 aliphatic carbocycles. The molecule has 1 N–H and O–H groups in total. The van der Waals surface area contributed by atoms with Gasteiger partial charge in [-0.25, -0.2) is 0 Å². The maximum absolute atomic E-state index is 13.2. The van der Waals surface area contributed by atoms with Gasteiger partial charge in [-0.3, -0.25) is 0 Å². The van der Waals surface area contributed by atoms with Gasteiger partial charge in [0, 0.05) is 6.04 Å². The monoisotopic (exact) mass is 381 g/mol. The van der Waals surface area contributed by atoms with E-state index < -0.39 is 15.2 Å². The summed E-state index contributed by atoms with van der Waals surface area (Å²) in [6.45, 7) is 1.51. The molecular formula is C16H16FN3O3S2. The fourth-order valence-electron chi connectivity index (χ4n) is 2.93. The Morgan fingerprint density at radius 3 is 2.96 bits per heavy atom. The molecular weight excluding hydrogens is 365 g/mol. The standard InChI is InChI=1S/C16H16FN3O3S2/c17-15-6-7-16(24-15)25(21,22)20-13-4-1-5-14(12(13)9-19-20)23-10-11-3-2-8-18-11/h1,4-7,9,11,18H,2-3,8,10H2. The quantitative estimate of drug-likeness (QED) is 0.735. The molecule has 1 aromatic carbocycles. The van der Waals surface area contributed by atoms with Crippen LogP contribution in [0.2, 0.25) is 0 Å². The minimum atomic E-state index is -3.93. The summed E-state index contributed by atoms with van der Waals surface area (Å²) in [4.78, 5) is 0. The van der Waals surface area contributed by atoms with Gasteiger partial charge in [0.05, 0.1) is 17.1 Å². The van der Waals surface area contributed by atoms with Crippen LogP contribution in [0.1, 0.15) is 12.8 Å². The maximum atomic E-state index is 13.2. The average Bonchev–Trinajstić information content (AvgIpc) is 3.33. The number of nitrogens with one attached hydrogen (secondary N) is 1. The fourth-order valence-corrected chi connectivity index (χ4v) is 5.27. The lowest BCUT2D eigenvalue weighted by Crippen LogP contribution is -2.28. The molecule has 4 rings (SSSR count). The second-order valence-corrected chi connectivity index (χ2v) is 8.87. The van der Waals surface area contributed by atoms with Gasteiger partial charge in [-0.1, -0.05) is 17.4 Å². The summed E-state index contributed by atoms with van der Waals surface area (Å²) in [6.07, 6.45) is 3.66. The predicted octanol–water partition coefficient (Wildman–Crippen LogP) is 2.60. The van der Waals surface area contributed by atoms with Gasteiger partial charge in [-0.2, -0.15) is 22.0 Å². The number of ether oxygens (including phenoxy) is 1. The van der Waals surface area contributed by atoms with Gasteiger partial charge in [0.1, 0.15) is 16.6 Å². The Morgan fingerprint density at radius 1 is 1.36 bits per heavy atom. The number of halogens is 1. The Kier molecular flexibility index (Phi) is 4.22. The van der Waals surface area contributed by atoms with E-state index in [0.717, 1.165) is 29.5 Å². The summed E-state index contributed by atoms with van der Waals surface area (Å²) in [6, 6.07) is 7.86. The van der Waals surface area contributed by atoms with Gasteiger partial charge in [-0.15, -0.1) is 0 Å². The zero-order chi connectivity index (χ0) is 17.4. The van der Waals surface area contributed by atoms with E-state index in [4.69, 9.17) is 4.74 Å². The average molecular weight is 381 g/mol. The van der Waals surface area contributed by atoms with Gasteiger partial charge in [-0.05, 0) is 43.7 Å². The highest BCUT2D eigenvalue weighted by atomic mass is 32.2. The third kappa shape index (κ3) is 3.03. The lowest BCUT2D eigenvalue weighted by molar-refractivity contribution is 0.280. The molecule has 3 aromatic rings. The number of aromatic nitrogens is 2. The van der Waals surface area contributed by atoms with Crippen LogP contribution in [-0.4, -0.2) is 36.8 Å². The zero-order valence-electron chi connectivity index (χ0n) is 13.2. The van der Waals surface area contributed by atoms with Crippen LogP contribution in [0, 0.1) is 5.13 Å². The highest BCUT2D eigenvalue weighted by Crippen LogP contribution is 2.30. The smallest absolute Gasteiger partial charge is 0.293 e. The summed E-state index contributed by atoms with van der Waals surface area (Å²) >= 11 is 0.578. The number of nitrogens with zero attached hydrogens (tertiary/aromatic N) is 2. The Morgan fingerprint density at radius 2 is 2.24 bits per heavy atom. The van der Waals surface area contributed by atoms with Crippen molar-refractivity contribution in [3.8, 4) is 5.75 Å². The molecule has 25 heavy (non-hydrogen) atoms. The number of fused-ring (bicyclic) bond motifs is 1. The molecule has 132 valence electrons. The van der Waals surface area contributed by atoms with Crippen LogP contribution in [0.3, 0.4) is 0 Å². The summed E-state index contributed by atoms with van der Waals surface area (Å²) < 4.78 is 45.3. The Hall–Kier alpha value is -1.97. The van der Waals surface area contributed by atoms with Crippen molar-refractivity contribution in [3.63, 3.8) is 0 Å². The van der Waals surface area contributed by atoms with Crippen LogP contribution in [0.15, 0.2) is 40.7 Å². The lowest BCUT2D eigenvalue weighted by atomic mass is 10.2. The third-order valence-corrected chi connectivity index (χ3v) is 7.11. The molecule has 1 atom stereocenters.